The van der Waals surface area contributed by atoms with Crippen molar-refractivity contribution < 1.29 is 14.0 Å². The molecule has 0 bridgehead atoms. The van der Waals surface area contributed by atoms with Crippen LogP contribution in [-0.4, -0.2) is 50.1 Å². The largest absolute Gasteiger partial charge is 0.369 e. The maximum atomic E-state index is 13.1. The van der Waals surface area contributed by atoms with Crippen LogP contribution in [0.3, 0.4) is 0 Å². The molecule has 1 aliphatic heterocycles. The second-order valence-corrected chi connectivity index (χ2v) is 6.38. The van der Waals surface area contributed by atoms with E-state index in [-0.39, 0.29) is 11.7 Å². The lowest BCUT2D eigenvalue weighted by Crippen LogP contribution is -2.52. The molecule has 142 valence electrons. The number of carbonyl (C=O) groups is 2. The Balaban J connectivity index is 1.73. The Kier molecular flexibility index (Phi) is 6.03. The normalized spacial score (nSPS) is 15.9. The minimum atomic E-state index is -0.543. The average molecular weight is 370 g/mol. The topological polar surface area (TPSA) is 64.7 Å². The van der Waals surface area contributed by atoms with E-state index in [1.807, 2.05) is 30.3 Å². The molecule has 0 spiro atoms. The Morgan fingerprint density at radius 3 is 2.19 bits per heavy atom. The standard InChI is InChI=1S/C20H23FN4O2/c1-22-20(27)23-19(26)18(15-5-3-2-4-6-15)25-13-11-24(12-14-25)17-9-7-16(21)8-10-17/h2-10,18H,11-14H2,1H3,(H2,22,23,26,27)/t18-/m1/s1. The number of imide groups is 1. The Morgan fingerprint density at radius 1 is 0.963 bits per heavy atom. The highest BCUT2D eigenvalue weighted by Gasteiger charge is 2.31. The molecule has 0 radical (unpaired) electrons. The number of anilines is 1. The molecular weight excluding hydrogens is 347 g/mol. The minimum absolute atomic E-state index is 0.257. The Bertz CT molecular complexity index is 774. The molecule has 2 aromatic rings. The molecule has 0 aliphatic carbocycles. The van der Waals surface area contributed by atoms with E-state index in [1.165, 1.54) is 19.2 Å². The van der Waals surface area contributed by atoms with Gasteiger partial charge in [0.1, 0.15) is 11.9 Å². The van der Waals surface area contributed by atoms with Crippen LogP contribution in [0.1, 0.15) is 11.6 Å². The molecule has 7 heteroatoms. The summed E-state index contributed by atoms with van der Waals surface area (Å²) in [5.74, 6) is -0.608. The molecule has 1 saturated heterocycles. The molecule has 3 rings (SSSR count). The first-order valence-electron chi connectivity index (χ1n) is 8.90. The zero-order valence-corrected chi connectivity index (χ0v) is 15.2. The van der Waals surface area contributed by atoms with E-state index in [0.717, 1.165) is 11.3 Å². The van der Waals surface area contributed by atoms with Gasteiger partial charge in [-0.25, -0.2) is 9.18 Å². The Hall–Kier alpha value is -2.93. The molecule has 0 saturated carbocycles. The van der Waals surface area contributed by atoms with Crippen molar-refractivity contribution in [2.75, 3.05) is 38.1 Å². The maximum Gasteiger partial charge on any atom is 0.321 e. The van der Waals surface area contributed by atoms with Crippen LogP contribution in [0.2, 0.25) is 0 Å². The van der Waals surface area contributed by atoms with Crippen LogP contribution in [-0.2, 0) is 4.79 Å². The van der Waals surface area contributed by atoms with Gasteiger partial charge in [-0.1, -0.05) is 30.3 Å². The highest BCUT2D eigenvalue weighted by Crippen LogP contribution is 2.24. The number of piperazine rings is 1. The van der Waals surface area contributed by atoms with Gasteiger partial charge < -0.3 is 10.2 Å². The molecule has 2 N–H and O–H groups in total. The second-order valence-electron chi connectivity index (χ2n) is 6.38. The van der Waals surface area contributed by atoms with Crippen LogP contribution < -0.4 is 15.5 Å². The summed E-state index contributed by atoms with van der Waals surface area (Å²) in [7, 11) is 1.47. The number of nitrogens with zero attached hydrogens (tertiary/aromatic N) is 2. The fourth-order valence-electron chi connectivity index (χ4n) is 3.30. The fraction of sp³-hybridized carbons (Fsp3) is 0.300. The summed E-state index contributed by atoms with van der Waals surface area (Å²) >= 11 is 0. The maximum absolute atomic E-state index is 13.1. The van der Waals surface area contributed by atoms with Gasteiger partial charge in [0.05, 0.1) is 0 Å². The zero-order chi connectivity index (χ0) is 19.2. The van der Waals surface area contributed by atoms with Gasteiger partial charge in [0, 0.05) is 38.9 Å². The Labute approximate surface area is 158 Å². The number of halogens is 1. The van der Waals surface area contributed by atoms with Gasteiger partial charge in [0.2, 0.25) is 5.91 Å². The zero-order valence-electron chi connectivity index (χ0n) is 15.2. The van der Waals surface area contributed by atoms with E-state index in [4.69, 9.17) is 0 Å². The van der Waals surface area contributed by atoms with Gasteiger partial charge in [0.15, 0.2) is 0 Å². The number of urea groups is 1. The van der Waals surface area contributed by atoms with E-state index in [2.05, 4.69) is 20.4 Å². The van der Waals surface area contributed by atoms with Crippen LogP contribution in [0.25, 0.3) is 0 Å². The number of nitrogens with one attached hydrogen (secondary N) is 2. The number of hydrogen-bond donors (Lipinski definition) is 2. The van der Waals surface area contributed by atoms with Crippen molar-refractivity contribution in [2.45, 2.75) is 6.04 Å². The third-order valence-electron chi connectivity index (χ3n) is 4.70. The summed E-state index contributed by atoms with van der Waals surface area (Å²) < 4.78 is 13.1. The molecule has 1 aliphatic rings. The predicted molar refractivity (Wildman–Crippen MR) is 102 cm³/mol. The van der Waals surface area contributed by atoms with Gasteiger partial charge in [-0.2, -0.15) is 0 Å². The van der Waals surface area contributed by atoms with Gasteiger partial charge in [-0.3, -0.25) is 15.0 Å². The number of amides is 3. The van der Waals surface area contributed by atoms with Gasteiger partial charge in [-0.15, -0.1) is 0 Å². The van der Waals surface area contributed by atoms with Gasteiger partial charge >= 0.3 is 6.03 Å². The van der Waals surface area contributed by atoms with Crippen molar-refractivity contribution in [1.82, 2.24) is 15.5 Å². The molecule has 0 unspecified atom stereocenters. The van der Waals surface area contributed by atoms with Crippen LogP contribution in [0.4, 0.5) is 14.9 Å². The second kappa shape index (κ2) is 8.64. The van der Waals surface area contributed by atoms with Crippen LogP contribution >= 0.6 is 0 Å². The summed E-state index contributed by atoms with van der Waals surface area (Å²) in [6.07, 6.45) is 0. The molecule has 6 nitrogen and oxygen atoms in total. The Morgan fingerprint density at radius 2 is 1.59 bits per heavy atom. The van der Waals surface area contributed by atoms with Gasteiger partial charge in [-0.05, 0) is 29.8 Å². The minimum Gasteiger partial charge on any atom is -0.369 e. The lowest BCUT2D eigenvalue weighted by molar-refractivity contribution is -0.125. The van der Waals surface area contributed by atoms with Crippen LogP contribution in [0.15, 0.2) is 54.6 Å². The lowest BCUT2D eigenvalue weighted by Gasteiger charge is -2.39. The summed E-state index contributed by atoms with van der Waals surface area (Å²) in [4.78, 5) is 28.6. The van der Waals surface area contributed by atoms with Crippen molar-refractivity contribution in [2.24, 2.45) is 0 Å². The highest BCUT2D eigenvalue weighted by atomic mass is 19.1. The number of benzene rings is 2. The van der Waals surface area contributed by atoms with E-state index in [9.17, 15) is 14.0 Å². The third kappa shape index (κ3) is 4.62. The molecule has 27 heavy (non-hydrogen) atoms. The third-order valence-corrected chi connectivity index (χ3v) is 4.70. The van der Waals surface area contributed by atoms with Crippen molar-refractivity contribution in [3.8, 4) is 0 Å². The number of carbonyl (C=O) groups excluding carboxylic acids is 2. The number of rotatable bonds is 4. The first-order valence-corrected chi connectivity index (χ1v) is 8.90. The number of hydrogen-bond acceptors (Lipinski definition) is 4. The van der Waals surface area contributed by atoms with Crippen molar-refractivity contribution in [3.05, 3.63) is 66.0 Å². The van der Waals surface area contributed by atoms with Crippen molar-refractivity contribution >= 4 is 17.6 Å². The molecule has 2 aromatic carbocycles. The van der Waals surface area contributed by atoms with Crippen molar-refractivity contribution in [1.29, 1.82) is 0 Å². The summed E-state index contributed by atoms with van der Waals surface area (Å²) in [5.41, 5.74) is 1.80. The van der Waals surface area contributed by atoms with E-state index >= 15 is 0 Å². The first kappa shape index (κ1) is 18.8. The molecule has 1 atom stereocenters. The lowest BCUT2D eigenvalue weighted by atomic mass is 10.0. The van der Waals surface area contributed by atoms with Gasteiger partial charge in [0.25, 0.3) is 0 Å². The first-order chi connectivity index (χ1) is 13.1. The van der Waals surface area contributed by atoms with Crippen LogP contribution in [0, 0.1) is 5.82 Å². The average Bonchev–Trinajstić information content (AvgIpc) is 2.70. The SMILES string of the molecule is CNC(=O)NC(=O)[C@@H](c1ccccc1)N1CCN(c2ccc(F)cc2)CC1. The molecule has 0 aromatic heterocycles. The molecular formula is C20H23FN4O2. The predicted octanol–water partition coefficient (Wildman–Crippen LogP) is 2.14. The summed E-state index contributed by atoms with van der Waals surface area (Å²) in [6.45, 7) is 2.72. The van der Waals surface area contributed by atoms with Crippen LogP contribution in [0.5, 0.6) is 0 Å². The monoisotopic (exact) mass is 370 g/mol. The molecule has 1 heterocycles. The summed E-state index contributed by atoms with van der Waals surface area (Å²) in [6, 6.07) is 14.8. The van der Waals surface area contributed by atoms with E-state index in [1.54, 1.807) is 12.1 Å². The van der Waals surface area contributed by atoms with Crippen molar-refractivity contribution in [3.63, 3.8) is 0 Å². The molecule has 1 fully saturated rings. The fourth-order valence-corrected chi connectivity index (χ4v) is 3.30. The summed E-state index contributed by atoms with van der Waals surface area (Å²) in [5, 5.41) is 4.80. The quantitative estimate of drug-likeness (QED) is 0.866. The smallest absolute Gasteiger partial charge is 0.321 e. The van der Waals surface area contributed by atoms with E-state index < -0.39 is 12.1 Å². The van der Waals surface area contributed by atoms with E-state index in [0.29, 0.717) is 26.2 Å². The molecule has 3 amide bonds. The highest BCUT2D eigenvalue weighted by molar-refractivity contribution is 5.97.